The van der Waals surface area contributed by atoms with E-state index in [0.717, 1.165) is 24.9 Å². The van der Waals surface area contributed by atoms with E-state index in [2.05, 4.69) is 17.0 Å². The van der Waals surface area contributed by atoms with Crippen molar-refractivity contribution >= 4 is 11.8 Å². The molecule has 1 aliphatic heterocycles. The first-order valence-corrected chi connectivity index (χ1v) is 7.49. The predicted octanol–water partition coefficient (Wildman–Crippen LogP) is 3.66. The largest absolute Gasteiger partial charge is 0.435 e. The van der Waals surface area contributed by atoms with E-state index in [9.17, 15) is 8.78 Å². The lowest BCUT2D eigenvalue weighted by Crippen LogP contribution is -2.43. The fourth-order valence-electron chi connectivity index (χ4n) is 2.15. The van der Waals surface area contributed by atoms with Crippen molar-refractivity contribution in [1.82, 2.24) is 5.32 Å². The van der Waals surface area contributed by atoms with Gasteiger partial charge in [-0.25, -0.2) is 0 Å². The van der Waals surface area contributed by atoms with Gasteiger partial charge >= 0.3 is 6.61 Å². The first kappa shape index (κ1) is 14.6. The molecule has 1 unspecified atom stereocenters. The summed E-state index contributed by atoms with van der Waals surface area (Å²) in [5, 5.41) is 3.54. The highest BCUT2D eigenvalue weighted by atomic mass is 32.2. The summed E-state index contributed by atoms with van der Waals surface area (Å²) < 4.78 is 28.4. The summed E-state index contributed by atoms with van der Waals surface area (Å²) >= 11 is 1.96. The number of alkyl halides is 2. The number of rotatable bonds is 5. The lowest BCUT2D eigenvalue weighted by atomic mass is 10.1. The minimum Gasteiger partial charge on any atom is -0.435 e. The van der Waals surface area contributed by atoms with Crippen molar-refractivity contribution in [2.75, 3.05) is 12.3 Å². The lowest BCUT2D eigenvalue weighted by Gasteiger charge is -2.34. The number of hydrogen-bond donors (Lipinski definition) is 1. The van der Waals surface area contributed by atoms with Gasteiger partial charge in [0.2, 0.25) is 0 Å². The number of hydrogen-bond acceptors (Lipinski definition) is 3. The molecule has 0 spiro atoms. The number of aryl methyl sites for hydroxylation is 1. The van der Waals surface area contributed by atoms with Gasteiger partial charge in [0.1, 0.15) is 5.75 Å². The normalized spacial score (nSPS) is 23.6. The molecule has 1 aromatic rings. The molecule has 1 atom stereocenters. The van der Waals surface area contributed by atoms with Crippen molar-refractivity contribution in [3.63, 3.8) is 0 Å². The Balaban J connectivity index is 1.85. The van der Waals surface area contributed by atoms with Crippen LogP contribution in [-0.2, 0) is 6.42 Å². The first-order chi connectivity index (χ1) is 9.07. The quantitative estimate of drug-likeness (QED) is 0.893. The molecule has 0 aromatic heterocycles. The number of benzene rings is 1. The van der Waals surface area contributed by atoms with Crippen LogP contribution in [0.1, 0.15) is 25.3 Å². The molecular formula is C14H19F2NOS. The van der Waals surface area contributed by atoms with Crippen LogP contribution in [-0.4, -0.2) is 23.8 Å². The van der Waals surface area contributed by atoms with Crippen LogP contribution >= 0.6 is 11.8 Å². The Morgan fingerprint density at radius 3 is 2.68 bits per heavy atom. The van der Waals surface area contributed by atoms with Gasteiger partial charge in [-0.2, -0.15) is 8.78 Å². The van der Waals surface area contributed by atoms with Gasteiger partial charge < -0.3 is 10.1 Å². The van der Waals surface area contributed by atoms with Crippen LogP contribution in [0.5, 0.6) is 5.75 Å². The first-order valence-electron chi connectivity index (χ1n) is 6.50. The maximum atomic E-state index is 12.0. The van der Waals surface area contributed by atoms with Gasteiger partial charge in [0.05, 0.1) is 4.87 Å². The zero-order valence-electron chi connectivity index (χ0n) is 11.0. The maximum absolute atomic E-state index is 12.0. The van der Waals surface area contributed by atoms with Crippen molar-refractivity contribution in [2.45, 2.75) is 37.7 Å². The van der Waals surface area contributed by atoms with Crippen LogP contribution in [0.25, 0.3) is 0 Å². The highest BCUT2D eigenvalue weighted by molar-refractivity contribution is 8.00. The van der Waals surface area contributed by atoms with Crippen molar-refractivity contribution in [1.29, 1.82) is 0 Å². The number of thioether (sulfide) groups is 1. The predicted molar refractivity (Wildman–Crippen MR) is 74.9 cm³/mol. The fourth-order valence-corrected chi connectivity index (χ4v) is 3.34. The second-order valence-corrected chi connectivity index (χ2v) is 6.48. The van der Waals surface area contributed by atoms with Gasteiger partial charge in [-0.1, -0.05) is 12.1 Å². The van der Waals surface area contributed by atoms with E-state index in [0.29, 0.717) is 0 Å². The van der Waals surface area contributed by atoms with Gasteiger partial charge in [-0.15, -0.1) is 11.8 Å². The summed E-state index contributed by atoms with van der Waals surface area (Å²) in [7, 11) is 0. The van der Waals surface area contributed by atoms with Gasteiger partial charge in [-0.05, 0) is 56.2 Å². The molecule has 5 heteroatoms. The highest BCUT2D eigenvalue weighted by Crippen LogP contribution is 2.31. The second kappa shape index (κ2) is 6.57. The highest BCUT2D eigenvalue weighted by Gasteiger charge is 2.26. The van der Waals surface area contributed by atoms with E-state index in [1.54, 1.807) is 12.1 Å². The zero-order chi connectivity index (χ0) is 13.7. The average Bonchev–Trinajstić information content (AvgIpc) is 2.38. The Labute approximate surface area is 116 Å². The van der Waals surface area contributed by atoms with E-state index >= 15 is 0 Å². The molecule has 1 N–H and O–H groups in total. The molecule has 1 heterocycles. The SMILES string of the molecule is CC1(CCc2ccc(OC(F)F)cc2)NCCCS1. The smallest absolute Gasteiger partial charge is 0.387 e. The summed E-state index contributed by atoms with van der Waals surface area (Å²) in [5.41, 5.74) is 1.15. The molecule has 2 nitrogen and oxygen atoms in total. The average molecular weight is 287 g/mol. The molecular weight excluding hydrogens is 268 g/mol. The van der Waals surface area contributed by atoms with Crippen LogP contribution in [0, 0.1) is 0 Å². The van der Waals surface area contributed by atoms with Crippen molar-refractivity contribution in [3.8, 4) is 5.75 Å². The van der Waals surface area contributed by atoms with Gasteiger partial charge in [-0.3, -0.25) is 0 Å². The summed E-state index contributed by atoms with van der Waals surface area (Å²) in [6.45, 7) is 0.545. The molecule has 0 bridgehead atoms. The molecule has 0 saturated carbocycles. The molecule has 2 rings (SSSR count). The third-order valence-electron chi connectivity index (χ3n) is 3.28. The summed E-state index contributed by atoms with van der Waals surface area (Å²) in [4.78, 5) is 0.135. The van der Waals surface area contributed by atoms with E-state index in [1.807, 2.05) is 23.9 Å². The lowest BCUT2D eigenvalue weighted by molar-refractivity contribution is -0.0498. The van der Waals surface area contributed by atoms with E-state index < -0.39 is 6.61 Å². The molecule has 1 aliphatic rings. The molecule has 1 aromatic carbocycles. The molecule has 1 saturated heterocycles. The van der Waals surface area contributed by atoms with Gasteiger partial charge in [0.15, 0.2) is 0 Å². The van der Waals surface area contributed by atoms with Gasteiger partial charge in [0, 0.05) is 0 Å². The molecule has 1 fully saturated rings. The van der Waals surface area contributed by atoms with Crippen molar-refractivity contribution < 1.29 is 13.5 Å². The molecule has 0 radical (unpaired) electrons. The van der Waals surface area contributed by atoms with Crippen LogP contribution in [0.3, 0.4) is 0 Å². The Morgan fingerprint density at radius 2 is 2.11 bits per heavy atom. The number of ether oxygens (including phenoxy) is 1. The minimum absolute atomic E-state index is 0.135. The van der Waals surface area contributed by atoms with Crippen LogP contribution in [0.15, 0.2) is 24.3 Å². The van der Waals surface area contributed by atoms with E-state index in [1.165, 1.54) is 12.2 Å². The summed E-state index contributed by atoms with van der Waals surface area (Å²) in [6.07, 6.45) is 3.19. The molecule has 0 aliphatic carbocycles. The molecule has 19 heavy (non-hydrogen) atoms. The Bertz CT molecular complexity index is 391. The third kappa shape index (κ3) is 4.66. The zero-order valence-corrected chi connectivity index (χ0v) is 11.8. The fraction of sp³-hybridized carbons (Fsp3) is 0.571. The molecule has 106 valence electrons. The third-order valence-corrected chi connectivity index (χ3v) is 4.76. The topological polar surface area (TPSA) is 21.3 Å². The van der Waals surface area contributed by atoms with E-state index in [4.69, 9.17) is 0 Å². The van der Waals surface area contributed by atoms with Crippen LogP contribution in [0.2, 0.25) is 0 Å². The van der Waals surface area contributed by atoms with E-state index in [-0.39, 0.29) is 10.6 Å². The van der Waals surface area contributed by atoms with Crippen molar-refractivity contribution in [2.24, 2.45) is 0 Å². The Hall–Kier alpha value is -0.810. The number of nitrogens with one attached hydrogen (secondary N) is 1. The van der Waals surface area contributed by atoms with Gasteiger partial charge in [0.25, 0.3) is 0 Å². The standard InChI is InChI=1S/C14H19F2NOS/c1-14(17-9-2-10-19-14)8-7-11-3-5-12(6-4-11)18-13(15)16/h3-6,13,17H,2,7-10H2,1H3. The Kier molecular flexibility index (Phi) is 5.05. The maximum Gasteiger partial charge on any atom is 0.387 e. The Morgan fingerprint density at radius 1 is 1.37 bits per heavy atom. The monoisotopic (exact) mass is 287 g/mol. The summed E-state index contributed by atoms with van der Waals surface area (Å²) in [6, 6.07) is 6.92. The van der Waals surface area contributed by atoms with Crippen LogP contribution < -0.4 is 10.1 Å². The molecule has 0 amide bonds. The number of halogens is 2. The second-order valence-electron chi connectivity index (χ2n) is 4.88. The van der Waals surface area contributed by atoms with Crippen molar-refractivity contribution in [3.05, 3.63) is 29.8 Å². The minimum atomic E-state index is -2.76. The summed E-state index contributed by atoms with van der Waals surface area (Å²) in [5.74, 6) is 1.42. The van der Waals surface area contributed by atoms with Crippen LogP contribution in [0.4, 0.5) is 8.78 Å².